The van der Waals surface area contributed by atoms with Gasteiger partial charge in [-0.2, -0.15) is 0 Å². The Bertz CT molecular complexity index is 619. The molecule has 20 heavy (non-hydrogen) atoms. The molecular weight excluding hydrogens is 429 g/mol. The standard InChI is InChI=1S/C14H12Cl3IN2/c15-9-2-4-13(18)10(7-9)14(20-19)6-8-1-3-11(16)12(17)5-8/h1-5,7,14,20H,6,19H2. The number of hydrogen-bond acceptors (Lipinski definition) is 2. The third-order valence-corrected chi connectivity index (χ3v) is 4.92. The molecule has 1 atom stereocenters. The molecule has 2 aromatic carbocycles. The summed E-state index contributed by atoms with van der Waals surface area (Å²) in [5.74, 6) is 5.68. The molecule has 0 bridgehead atoms. The zero-order chi connectivity index (χ0) is 14.7. The molecule has 0 aromatic heterocycles. The SMILES string of the molecule is NNC(Cc1ccc(Cl)c(Cl)c1)c1cc(Cl)ccc1I. The third-order valence-electron chi connectivity index (χ3n) is 2.96. The second-order valence-electron chi connectivity index (χ2n) is 4.34. The predicted molar refractivity (Wildman–Crippen MR) is 94.4 cm³/mol. The number of benzene rings is 2. The summed E-state index contributed by atoms with van der Waals surface area (Å²) in [6.07, 6.45) is 0.698. The molecule has 3 N–H and O–H groups in total. The van der Waals surface area contributed by atoms with Gasteiger partial charge in [0.15, 0.2) is 0 Å². The first kappa shape index (κ1) is 16.3. The maximum atomic E-state index is 6.06. The summed E-state index contributed by atoms with van der Waals surface area (Å²) in [4.78, 5) is 0. The van der Waals surface area contributed by atoms with Gasteiger partial charge < -0.3 is 0 Å². The molecule has 0 aliphatic carbocycles. The van der Waals surface area contributed by atoms with Crippen LogP contribution in [0.1, 0.15) is 17.2 Å². The van der Waals surface area contributed by atoms with E-state index >= 15 is 0 Å². The van der Waals surface area contributed by atoms with Gasteiger partial charge in [0, 0.05) is 8.59 Å². The third kappa shape index (κ3) is 4.00. The average Bonchev–Trinajstić information content (AvgIpc) is 2.43. The van der Waals surface area contributed by atoms with Crippen LogP contribution in [-0.2, 0) is 6.42 Å². The normalized spacial score (nSPS) is 12.4. The quantitative estimate of drug-likeness (QED) is 0.398. The van der Waals surface area contributed by atoms with E-state index in [9.17, 15) is 0 Å². The Morgan fingerprint density at radius 3 is 2.45 bits per heavy atom. The second-order valence-corrected chi connectivity index (χ2v) is 6.75. The van der Waals surface area contributed by atoms with E-state index < -0.39 is 0 Å². The number of nitrogens with two attached hydrogens (primary N) is 1. The summed E-state index contributed by atoms with van der Waals surface area (Å²) in [6, 6.07) is 11.3. The van der Waals surface area contributed by atoms with Crippen LogP contribution in [0.5, 0.6) is 0 Å². The summed E-state index contributed by atoms with van der Waals surface area (Å²) in [5.41, 5.74) is 4.95. The van der Waals surface area contributed by atoms with E-state index in [0.29, 0.717) is 21.5 Å². The molecule has 0 aliphatic heterocycles. The van der Waals surface area contributed by atoms with E-state index in [1.807, 2.05) is 30.3 Å². The molecule has 0 amide bonds. The Labute approximate surface area is 146 Å². The summed E-state index contributed by atoms with van der Waals surface area (Å²) in [5, 5.41) is 1.78. The highest BCUT2D eigenvalue weighted by atomic mass is 127. The van der Waals surface area contributed by atoms with Crippen molar-refractivity contribution in [1.29, 1.82) is 0 Å². The second kappa shape index (κ2) is 7.29. The Kier molecular flexibility index (Phi) is 5.95. The molecule has 0 spiro atoms. The maximum Gasteiger partial charge on any atom is 0.0595 e. The van der Waals surface area contributed by atoms with Crippen molar-refractivity contribution in [2.45, 2.75) is 12.5 Å². The smallest absolute Gasteiger partial charge is 0.0595 e. The van der Waals surface area contributed by atoms with E-state index in [4.69, 9.17) is 40.6 Å². The number of hydrazine groups is 1. The molecule has 0 radical (unpaired) electrons. The highest BCUT2D eigenvalue weighted by Crippen LogP contribution is 2.28. The van der Waals surface area contributed by atoms with Gasteiger partial charge in [-0.25, -0.2) is 0 Å². The Balaban J connectivity index is 2.28. The molecule has 1 unspecified atom stereocenters. The van der Waals surface area contributed by atoms with Crippen LogP contribution in [0.3, 0.4) is 0 Å². The molecule has 0 aliphatic rings. The molecule has 2 rings (SSSR count). The van der Waals surface area contributed by atoms with E-state index in [2.05, 4.69) is 28.0 Å². The summed E-state index contributed by atoms with van der Waals surface area (Å²) in [7, 11) is 0. The number of rotatable bonds is 4. The van der Waals surface area contributed by atoms with Crippen molar-refractivity contribution in [3.8, 4) is 0 Å². The summed E-state index contributed by atoms with van der Waals surface area (Å²) in [6.45, 7) is 0. The summed E-state index contributed by atoms with van der Waals surface area (Å²) >= 11 is 20.3. The van der Waals surface area contributed by atoms with Gasteiger partial charge in [0.1, 0.15) is 0 Å². The summed E-state index contributed by atoms with van der Waals surface area (Å²) < 4.78 is 1.11. The molecular formula is C14H12Cl3IN2. The Hall–Kier alpha value is -0.0400. The van der Waals surface area contributed by atoms with Crippen molar-refractivity contribution < 1.29 is 0 Å². The van der Waals surface area contributed by atoms with Crippen LogP contribution in [0.15, 0.2) is 36.4 Å². The first-order valence-corrected chi connectivity index (χ1v) is 8.07. The van der Waals surface area contributed by atoms with E-state index in [1.165, 1.54) is 0 Å². The van der Waals surface area contributed by atoms with Crippen molar-refractivity contribution in [2.24, 2.45) is 5.84 Å². The molecule has 0 saturated carbocycles. The minimum atomic E-state index is -0.0437. The fourth-order valence-corrected chi connectivity index (χ4v) is 3.16. The number of nitrogens with one attached hydrogen (secondary N) is 1. The topological polar surface area (TPSA) is 38.0 Å². The van der Waals surface area contributed by atoms with Crippen molar-refractivity contribution >= 4 is 57.4 Å². The zero-order valence-electron chi connectivity index (χ0n) is 10.3. The average molecular weight is 442 g/mol. The predicted octanol–water partition coefficient (Wildman–Crippen LogP) is 5.00. The number of hydrogen-bond donors (Lipinski definition) is 2. The lowest BCUT2D eigenvalue weighted by Gasteiger charge is -2.18. The lowest BCUT2D eigenvalue weighted by molar-refractivity contribution is 0.550. The van der Waals surface area contributed by atoms with Crippen LogP contribution in [0.4, 0.5) is 0 Å². The van der Waals surface area contributed by atoms with Gasteiger partial charge in [0.05, 0.1) is 16.1 Å². The molecule has 6 heteroatoms. The minimum Gasteiger partial charge on any atom is -0.271 e. The molecule has 2 aromatic rings. The van der Waals surface area contributed by atoms with E-state index in [1.54, 1.807) is 6.07 Å². The Morgan fingerprint density at radius 2 is 1.80 bits per heavy atom. The first-order chi connectivity index (χ1) is 9.51. The van der Waals surface area contributed by atoms with Crippen molar-refractivity contribution in [1.82, 2.24) is 5.43 Å². The zero-order valence-corrected chi connectivity index (χ0v) is 14.8. The van der Waals surface area contributed by atoms with Crippen molar-refractivity contribution in [2.75, 3.05) is 0 Å². The Morgan fingerprint density at radius 1 is 1.05 bits per heavy atom. The molecule has 0 heterocycles. The maximum absolute atomic E-state index is 6.06. The highest BCUT2D eigenvalue weighted by Gasteiger charge is 2.15. The molecule has 2 nitrogen and oxygen atoms in total. The van der Waals surface area contributed by atoms with Crippen LogP contribution in [0.2, 0.25) is 15.1 Å². The highest BCUT2D eigenvalue weighted by molar-refractivity contribution is 14.1. The van der Waals surface area contributed by atoms with Gasteiger partial charge in [-0.05, 0) is 70.5 Å². The van der Waals surface area contributed by atoms with Gasteiger partial charge in [-0.3, -0.25) is 11.3 Å². The lowest BCUT2D eigenvalue weighted by atomic mass is 9.99. The fourth-order valence-electron chi connectivity index (χ4n) is 1.94. The van der Waals surface area contributed by atoms with E-state index in [0.717, 1.165) is 14.7 Å². The van der Waals surface area contributed by atoms with Gasteiger partial charge in [0.2, 0.25) is 0 Å². The van der Waals surface area contributed by atoms with Crippen molar-refractivity contribution in [3.05, 3.63) is 66.2 Å². The van der Waals surface area contributed by atoms with Crippen molar-refractivity contribution in [3.63, 3.8) is 0 Å². The lowest BCUT2D eigenvalue weighted by Crippen LogP contribution is -2.30. The monoisotopic (exact) mass is 440 g/mol. The van der Waals surface area contributed by atoms with Gasteiger partial charge in [-0.1, -0.05) is 40.9 Å². The molecule has 0 saturated heterocycles. The first-order valence-electron chi connectivity index (χ1n) is 5.86. The largest absolute Gasteiger partial charge is 0.271 e. The fraction of sp³-hybridized carbons (Fsp3) is 0.143. The minimum absolute atomic E-state index is 0.0437. The molecule has 106 valence electrons. The van der Waals surface area contributed by atoms with Crippen LogP contribution in [0, 0.1) is 3.57 Å². The van der Waals surface area contributed by atoms with Crippen LogP contribution >= 0.6 is 57.4 Å². The van der Waals surface area contributed by atoms with E-state index in [-0.39, 0.29) is 6.04 Å². The van der Waals surface area contributed by atoms with Crippen LogP contribution in [-0.4, -0.2) is 0 Å². The number of halogens is 4. The van der Waals surface area contributed by atoms with Gasteiger partial charge in [0.25, 0.3) is 0 Å². The molecule has 0 fully saturated rings. The van der Waals surface area contributed by atoms with Crippen LogP contribution < -0.4 is 11.3 Å². The van der Waals surface area contributed by atoms with Gasteiger partial charge >= 0.3 is 0 Å². The van der Waals surface area contributed by atoms with Crippen LogP contribution in [0.25, 0.3) is 0 Å². The van der Waals surface area contributed by atoms with Gasteiger partial charge in [-0.15, -0.1) is 0 Å².